The Balaban J connectivity index is 2.17. The zero-order valence-electron chi connectivity index (χ0n) is 12.5. The highest BCUT2D eigenvalue weighted by molar-refractivity contribution is 5.29. The molecule has 0 saturated heterocycles. The molecule has 4 heteroatoms. The van der Waals surface area contributed by atoms with Crippen molar-refractivity contribution in [2.75, 3.05) is 13.7 Å². The molecule has 1 atom stereocenters. The second-order valence-electron chi connectivity index (χ2n) is 4.99. The molecule has 4 nitrogen and oxygen atoms in total. The number of benzene rings is 1. The van der Waals surface area contributed by atoms with Gasteiger partial charge in [-0.1, -0.05) is 19.1 Å². The van der Waals surface area contributed by atoms with Gasteiger partial charge in [-0.25, -0.2) is 4.98 Å². The van der Waals surface area contributed by atoms with E-state index in [0.717, 1.165) is 25.1 Å². The van der Waals surface area contributed by atoms with E-state index in [0.29, 0.717) is 0 Å². The van der Waals surface area contributed by atoms with Crippen LogP contribution in [0.3, 0.4) is 0 Å². The lowest BCUT2D eigenvalue weighted by atomic mass is 10.0. The third-order valence-corrected chi connectivity index (χ3v) is 3.43. The molecule has 1 heterocycles. The molecule has 0 aliphatic carbocycles. The Morgan fingerprint density at radius 3 is 2.90 bits per heavy atom. The number of methoxy groups -OCH3 is 1. The molecule has 1 N–H and O–H groups in total. The third-order valence-electron chi connectivity index (χ3n) is 3.43. The van der Waals surface area contributed by atoms with Crippen molar-refractivity contribution in [1.29, 1.82) is 0 Å². The van der Waals surface area contributed by atoms with Crippen molar-refractivity contribution in [2.45, 2.75) is 25.8 Å². The van der Waals surface area contributed by atoms with E-state index in [2.05, 4.69) is 33.9 Å². The summed E-state index contributed by atoms with van der Waals surface area (Å²) < 4.78 is 7.37. The van der Waals surface area contributed by atoms with Crippen molar-refractivity contribution in [3.63, 3.8) is 0 Å². The van der Waals surface area contributed by atoms with E-state index in [4.69, 9.17) is 4.74 Å². The van der Waals surface area contributed by atoms with Gasteiger partial charge in [-0.15, -0.1) is 0 Å². The number of rotatable bonds is 7. The molecule has 0 saturated carbocycles. The molecule has 0 aliphatic heterocycles. The Morgan fingerprint density at radius 1 is 1.40 bits per heavy atom. The fourth-order valence-electron chi connectivity index (χ4n) is 2.34. The summed E-state index contributed by atoms with van der Waals surface area (Å²) in [6.45, 7) is 3.18. The second kappa shape index (κ2) is 7.10. The monoisotopic (exact) mass is 273 g/mol. The molecular formula is C16H23N3O. The number of ether oxygens (including phenoxy) is 1. The summed E-state index contributed by atoms with van der Waals surface area (Å²) in [5.74, 6) is 0.904. The molecule has 0 aliphatic rings. The van der Waals surface area contributed by atoms with Crippen LogP contribution in [0, 0.1) is 0 Å². The molecular weight excluding hydrogens is 250 g/mol. The van der Waals surface area contributed by atoms with Gasteiger partial charge in [-0.3, -0.25) is 0 Å². The molecule has 0 radical (unpaired) electrons. The second-order valence-corrected chi connectivity index (χ2v) is 4.99. The largest absolute Gasteiger partial charge is 0.497 e. The standard InChI is InChI=1S/C16H23N3O/c1-4-8-18-15(16-11-17-12-19(16)2)10-13-6-5-7-14(9-13)20-3/h5-7,9,11-12,15,18H,4,8,10H2,1-3H3. The topological polar surface area (TPSA) is 39.1 Å². The van der Waals surface area contributed by atoms with E-state index < -0.39 is 0 Å². The first-order valence-corrected chi connectivity index (χ1v) is 7.07. The Labute approximate surface area is 120 Å². The van der Waals surface area contributed by atoms with Gasteiger partial charge < -0.3 is 14.6 Å². The highest BCUT2D eigenvalue weighted by atomic mass is 16.5. The first-order valence-electron chi connectivity index (χ1n) is 7.07. The van der Waals surface area contributed by atoms with Crippen LogP contribution in [0.15, 0.2) is 36.8 Å². The smallest absolute Gasteiger partial charge is 0.119 e. The van der Waals surface area contributed by atoms with Gasteiger partial charge in [-0.05, 0) is 37.1 Å². The van der Waals surface area contributed by atoms with Gasteiger partial charge in [0.2, 0.25) is 0 Å². The zero-order chi connectivity index (χ0) is 14.4. The van der Waals surface area contributed by atoms with Gasteiger partial charge in [0.05, 0.1) is 25.2 Å². The van der Waals surface area contributed by atoms with Crippen molar-refractivity contribution in [1.82, 2.24) is 14.9 Å². The van der Waals surface area contributed by atoms with Gasteiger partial charge in [0.1, 0.15) is 5.75 Å². The quantitative estimate of drug-likeness (QED) is 0.843. The summed E-state index contributed by atoms with van der Waals surface area (Å²) in [4.78, 5) is 4.22. The Hall–Kier alpha value is -1.81. The maximum atomic E-state index is 5.29. The molecule has 0 bridgehead atoms. The Bertz CT molecular complexity index is 536. The summed E-state index contributed by atoms with van der Waals surface area (Å²) in [5, 5.41) is 3.60. The van der Waals surface area contributed by atoms with Crippen LogP contribution >= 0.6 is 0 Å². The van der Waals surface area contributed by atoms with Crippen molar-refractivity contribution >= 4 is 0 Å². The normalized spacial score (nSPS) is 12.3. The van der Waals surface area contributed by atoms with E-state index >= 15 is 0 Å². The maximum Gasteiger partial charge on any atom is 0.119 e. The average molecular weight is 273 g/mol. The number of nitrogens with zero attached hydrogens (tertiary/aromatic N) is 2. The molecule has 108 valence electrons. The maximum absolute atomic E-state index is 5.29. The Morgan fingerprint density at radius 2 is 2.25 bits per heavy atom. The number of aryl methyl sites for hydroxylation is 1. The number of imidazole rings is 1. The molecule has 2 aromatic rings. The van der Waals surface area contributed by atoms with Crippen molar-refractivity contribution in [3.8, 4) is 5.75 Å². The van der Waals surface area contributed by atoms with Crippen LogP contribution in [0.1, 0.15) is 30.6 Å². The van der Waals surface area contributed by atoms with Gasteiger partial charge in [0, 0.05) is 13.2 Å². The summed E-state index contributed by atoms with van der Waals surface area (Å²) in [6, 6.07) is 8.52. The van der Waals surface area contributed by atoms with Crippen LogP contribution in [-0.4, -0.2) is 23.2 Å². The number of nitrogens with one attached hydrogen (secondary N) is 1. The van der Waals surface area contributed by atoms with Gasteiger partial charge >= 0.3 is 0 Å². The molecule has 1 unspecified atom stereocenters. The fraction of sp³-hybridized carbons (Fsp3) is 0.438. The van der Waals surface area contributed by atoms with E-state index in [1.165, 1.54) is 11.3 Å². The van der Waals surface area contributed by atoms with Crippen molar-refractivity contribution in [2.24, 2.45) is 7.05 Å². The third kappa shape index (κ3) is 3.61. The fourth-order valence-corrected chi connectivity index (χ4v) is 2.34. The number of hydrogen-bond acceptors (Lipinski definition) is 3. The van der Waals surface area contributed by atoms with Crippen LogP contribution in [0.2, 0.25) is 0 Å². The zero-order valence-corrected chi connectivity index (χ0v) is 12.5. The highest BCUT2D eigenvalue weighted by Gasteiger charge is 2.15. The predicted molar refractivity (Wildman–Crippen MR) is 80.9 cm³/mol. The molecule has 20 heavy (non-hydrogen) atoms. The molecule has 0 amide bonds. The summed E-state index contributed by atoms with van der Waals surface area (Å²) >= 11 is 0. The van der Waals surface area contributed by atoms with Crippen LogP contribution in [0.5, 0.6) is 5.75 Å². The lowest BCUT2D eigenvalue weighted by molar-refractivity contribution is 0.413. The molecule has 1 aromatic heterocycles. The summed E-state index contributed by atoms with van der Waals surface area (Å²) in [6.07, 6.45) is 5.83. The van der Waals surface area contributed by atoms with E-state index in [-0.39, 0.29) is 6.04 Å². The highest BCUT2D eigenvalue weighted by Crippen LogP contribution is 2.20. The minimum atomic E-state index is 0.273. The molecule has 1 aromatic carbocycles. The van der Waals surface area contributed by atoms with Crippen LogP contribution in [0.4, 0.5) is 0 Å². The number of hydrogen-bond donors (Lipinski definition) is 1. The molecule has 2 rings (SSSR count). The first kappa shape index (κ1) is 14.6. The summed E-state index contributed by atoms with van der Waals surface area (Å²) in [7, 11) is 3.74. The first-order chi connectivity index (χ1) is 9.74. The van der Waals surface area contributed by atoms with E-state index in [9.17, 15) is 0 Å². The lowest BCUT2D eigenvalue weighted by Crippen LogP contribution is -2.25. The van der Waals surface area contributed by atoms with Gasteiger partial charge in [-0.2, -0.15) is 0 Å². The summed E-state index contributed by atoms with van der Waals surface area (Å²) in [5.41, 5.74) is 2.47. The van der Waals surface area contributed by atoms with Gasteiger partial charge in [0.25, 0.3) is 0 Å². The van der Waals surface area contributed by atoms with E-state index in [1.807, 2.05) is 31.7 Å². The number of aromatic nitrogens is 2. The van der Waals surface area contributed by atoms with Crippen LogP contribution in [-0.2, 0) is 13.5 Å². The Kier molecular flexibility index (Phi) is 5.18. The SMILES string of the molecule is CCCNC(Cc1cccc(OC)c1)c1cncn1C. The van der Waals surface area contributed by atoms with Crippen molar-refractivity contribution < 1.29 is 4.74 Å². The molecule has 0 spiro atoms. The average Bonchev–Trinajstić information content (AvgIpc) is 2.90. The van der Waals surface area contributed by atoms with Gasteiger partial charge in [0.15, 0.2) is 0 Å². The van der Waals surface area contributed by atoms with Crippen molar-refractivity contribution in [3.05, 3.63) is 48.0 Å². The van der Waals surface area contributed by atoms with Crippen LogP contribution in [0.25, 0.3) is 0 Å². The predicted octanol–water partition coefficient (Wildman–Crippen LogP) is 2.71. The van der Waals surface area contributed by atoms with E-state index in [1.54, 1.807) is 7.11 Å². The van der Waals surface area contributed by atoms with Crippen LogP contribution < -0.4 is 10.1 Å². The molecule has 0 fully saturated rings. The minimum absolute atomic E-state index is 0.273. The minimum Gasteiger partial charge on any atom is -0.497 e. The lowest BCUT2D eigenvalue weighted by Gasteiger charge is -2.19.